The molecule has 1 aromatic carbocycles. The summed E-state index contributed by atoms with van der Waals surface area (Å²) in [4.78, 5) is 23.1. The monoisotopic (exact) mass is 245 g/mol. The number of aryl methyl sites for hydroxylation is 1. The van der Waals surface area contributed by atoms with E-state index < -0.39 is 0 Å². The van der Waals surface area contributed by atoms with Gasteiger partial charge in [0.1, 0.15) is 5.75 Å². The lowest BCUT2D eigenvalue weighted by Gasteiger charge is -2.16. The number of hydrogen-bond acceptors (Lipinski definition) is 3. The van der Waals surface area contributed by atoms with E-state index in [1.165, 1.54) is 11.1 Å². The molecule has 18 heavy (non-hydrogen) atoms. The summed E-state index contributed by atoms with van der Waals surface area (Å²) in [6.45, 7) is 0. The summed E-state index contributed by atoms with van der Waals surface area (Å²) in [7, 11) is 1.64. The third kappa shape index (κ3) is 1.68. The minimum Gasteiger partial charge on any atom is -0.497 e. The highest BCUT2D eigenvalue weighted by Gasteiger charge is 2.40. The van der Waals surface area contributed by atoms with Crippen molar-refractivity contribution in [2.24, 2.45) is 5.92 Å². The lowest BCUT2D eigenvalue weighted by molar-refractivity contribution is -0.126. The summed E-state index contributed by atoms with van der Waals surface area (Å²) in [6, 6.07) is 6.01. The molecule has 1 saturated heterocycles. The Bertz CT molecular complexity index is 524. The van der Waals surface area contributed by atoms with Crippen molar-refractivity contribution in [2.75, 3.05) is 7.11 Å². The maximum Gasteiger partial charge on any atom is 0.230 e. The van der Waals surface area contributed by atoms with Crippen LogP contribution in [0.4, 0.5) is 0 Å². The minimum atomic E-state index is -0.203. The van der Waals surface area contributed by atoms with Crippen molar-refractivity contribution in [3.63, 3.8) is 0 Å². The molecule has 2 unspecified atom stereocenters. The smallest absolute Gasteiger partial charge is 0.230 e. The Labute approximate surface area is 105 Å². The number of benzene rings is 1. The van der Waals surface area contributed by atoms with Crippen LogP contribution in [0.25, 0.3) is 0 Å². The van der Waals surface area contributed by atoms with Gasteiger partial charge < -0.3 is 4.74 Å². The minimum absolute atomic E-state index is 0.124. The largest absolute Gasteiger partial charge is 0.497 e. The van der Waals surface area contributed by atoms with E-state index >= 15 is 0 Å². The van der Waals surface area contributed by atoms with Gasteiger partial charge in [-0.1, -0.05) is 6.07 Å². The molecule has 1 N–H and O–H groups in total. The summed E-state index contributed by atoms with van der Waals surface area (Å²) < 4.78 is 5.23. The van der Waals surface area contributed by atoms with Gasteiger partial charge in [-0.15, -0.1) is 0 Å². The van der Waals surface area contributed by atoms with Crippen LogP contribution >= 0.6 is 0 Å². The fourth-order valence-electron chi connectivity index (χ4n) is 3.06. The first-order valence-electron chi connectivity index (χ1n) is 6.19. The summed E-state index contributed by atoms with van der Waals surface area (Å²) in [5.41, 5.74) is 2.44. The number of imide groups is 1. The normalized spacial score (nSPS) is 26.1. The van der Waals surface area contributed by atoms with Gasteiger partial charge >= 0.3 is 0 Å². The van der Waals surface area contributed by atoms with Gasteiger partial charge in [0, 0.05) is 6.42 Å². The first kappa shape index (κ1) is 11.3. The van der Waals surface area contributed by atoms with Crippen molar-refractivity contribution in [1.82, 2.24) is 5.32 Å². The van der Waals surface area contributed by atoms with Crippen molar-refractivity contribution in [3.05, 3.63) is 29.3 Å². The molecule has 0 aromatic heterocycles. The fourth-order valence-corrected chi connectivity index (χ4v) is 3.06. The topological polar surface area (TPSA) is 55.4 Å². The molecule has 0 spiro atoms. The van der Waals surface area contributed by atoms with Gasteiger partial charge in [0.25, 0.3) is 0 Å². The Morgan fingerprint density at radius 1 is 1.28 bits per heavy atom. The Hall–Kier alpha value is -1.84. The lowest BCUT2D eigenvalue weighted by atomic mass is 9.86. The number of methoxy groups -OCH3 is 1. The number of rotatable bonds is 2. The predicted octanol–water partition coefficient (Wildman–Crippen LogP) is 1.39. The molecule has 2 amide bonds. The molecule has 1 fully saturated rings. The van der Waals surface area contributed by atoms with Crippen LogP contribution in [0.1, 0.15) is 29.9 Å². The molecule has 2 aliphatic rings. The van der Waals surface area contributed by atoms with Crippen LogP contribution in [0.15, 0.2) is 18.2 Å². The predicted molar refractivity (Wildman–Crippen MR) is 65.3 cm³/mol. The van der Waals surface area contributed by atoms with Gasteiger partial charge in [-0.2, -0.15) is 0 Å². The van der Waals surface area contributed by atoms with Crippen LogP contribution in [-0.2, 0) is 16.0 Å². The number of fused-ring (bicyclic) bond motifs is 1. The molecule has 94 valence electrons. The fraction of sp³-hybridized carbons (Fsp3) is 0.429. The van der Waals surface area contributed by atoms with Gasteiger partial charge in [-0.05, 0) is 42.0 Å². The van der Waals surface area contributed by atoms with Gasteiger partial charge in [0.2, 0.25) is 11.8 Å². The molecule has 0 radical (unpaired) electrons. The number of carbonyl (C=O) groups is 2. The van der Waals surface area contributed by atoms with E-state index in [1.54, 1.807) is 7.11 Å². The quantitative estimate of drug-likeness (QED) is 0.801. The Morgan fingerprint density at radius 3 is 2.78 bits per heavy atom. The van der Waals surface area contributed by atoms with Gasteiger partial charge in [-0.3, -0.25) is 14.9 Å². The third-order valence-corrected chi connectivity index (χ3v) is 3.97. The number of nitrogens with one attached hydrogen (secondary N) is 1. The molecule has 4 nitrogen and oxygen atoms in total. The van der Waals surface area contributed by atoms with Crippen LogP contribution in [0, 0.1) is 5.92 Å². The second-order valence-electron chi connectivity index (χ2n) is 4.93. The average molecular weight is 245 g/mol. The number of amides is 2. The zero-order valence-electron chi connectivity index (χ0n) is 10.2. The third-order valence-electron chi connectivity index (χ3n) is 3.97. The van der Waals surface area contributed by atoms with E-state index in [1.807, 2.05) is 12.1 Å². The summed E-state index contributed by atoms with van der Waals surface area (Å²) in [5.74, 6) is 0.486. The van der Waals surface area contributed by atoms with Crippen molar-refractivity contribution in [1.29, 1.82) is 0 Å². The maximum absolute atomic E-state index is 11.8. The number of carbonyl (C=O) groups excluding carboxylic acids is 2. The zero-order valence-corrected chi connectivity index (χ0v) is 10.2. The van der Waals surface area contributed by atoms with Crippen molar-refractivity contribution < 1.29 is 14.3 Å². The van der Waals surface area contributed by atoms with Gasteiger partial charge in [0.05, 0.1) is 13.0 Å². The van der Waals surface area contributed by atoms with E-state index in [9.17, 15) is 9.59 Å². The SMILES string of the molecule is COc1ccc2c(c1)C(C1CC(=O)NC1=O)CC2. The van der Waals surface area contributed by atoms with E-state index in [0.29, 0.717) is 6.42 Å². The number of hydrogen-bond donors (Lipinski definition) is 1. The van der Waals surface area contributed by atoms with E-state index in [2.05, 4.69) is 11.4 Å². The molecule has 3 rings (SSSR count). The highest BCUT2D eigenvalue weighted by Crippen LogP contribution is 2.42. The first-order chi connectivity index (χ1) is 8.69. The van der Waals surface area contributed by atoms with Crippen molar-refractivity contribution in [2.45, 2.75) is 25.2 Å². The molecule has 0 bridgehead atoms. The van der Waals surface area contributed by atoms with Crippen LogP contribution in [0.2, 0.25) is 0 Å². The molecule has 0 saturated carbocycles. The van der Waals surface area contributed by atoms with E-state index in [0.717, 1.165) is 18.6 Å². The molecular weight excluding hydrogens is 230 g/mol. The molecule has 1 aliphatic carbocycles. The highest BCUT2D eigenvalue weighted by molar-refractivity contribution is 6.04. The molecule has 2 atom stereocenters. The maximum atomic E-state index is 11.8. The zero-order chi connectivity index (χ0) is 12.7. The van der Waals surface area contributed by atoms with Gasteiger partial charge in [-0.25, -0.2) is 0 Å². The average Bonchev–Trinajstić information content (AvgIpc) is 2.91. The summed E-state index contributed by atoms with van der Waals surface area (Å²) >= 11 is 0. The lowest BCUT2D eigenvalue weighted by Crippen LogP contribution is -2.24. The second kappa shape index (κ2) is 4.12. The summed E-state index contributed by atoms with van der Waals surface area (Å²) in [6.07, 6.45) is 2.23. The molecule has 4 heteroatoms. The Kier molecular flexibility index (Phi) is 2.58. The molecular formula is C14H15NO3. The Balaban J connectivity index is 1.94. The second-order valence-corrected chi connectivity index (χ2v) is 4.93. The Morgan fingerprint density at radius 2 is 2.11 bits per heavy atom. The highest BCUT2D eigenvalue weighted by atomic mass is 16.5. The van der Waals surface area contributed by atoms with Crippen LogP contribution in [-0.4, -0.2) is 18.9 Å². The molecule has 1 aliphatic heterocycles. The first-order valence-corrected chi connectivity index (χ1v) is 6.19. The van der Waals surface area contributed by atoms with Gasteiger partial charge in [0.15, 0.2) is 0 Å². The van der Waals surface area contributed by atoms with Crippen molar-refractivity contribution >= 4 is 11.8 Å². The number of ether oxygens (including phenoxy) is 1. The van der Waals surface area contributed by atoms with Crippen LogP contribution < -0.4 is 10.1 Å². The van der Waals surface area contributed by atoms with Crippen molar-refractivity contribution in [3.8, 4) is 5.75 Å². The molecule has 1 heterocycles. The van der Waals surface area contributed by atoms with Crippen LogP contribution in [0.5, 0.6) is 5.75 Å². The van der Waals surface area contributed by atoms with E-state index in [4.69, 9.17) is 4.74 Å². The standard InChI is InChI=1S/C14H15NO3/c1-18-9-4-2-8-3-5-10(11(8)6-9)12-7-13(16)15-14(12)17/h2,4,6,10,12H,3,5,7H2,1H3,(H,15,16,17). The van der Waals surface area contributed by atoms with Crippen LogP contribution in [0.3, 0.4) is 0 Å². The molecule has 1 aromatic rings. The summed E-state index contributed by atoms with van der Waals surface area (Å²) in [5, 5.41) is 2.39. The van der Waals surface area contributed by atoms with E-state index in [-0.39, 0.29) is 23.7 Å².